The Bertz CT molecular complexity index is 411. The maximum Gasteiger partial charge on any atom is 0.269 e. The van der Waals surface area contributed by atoms with Crippen molar-refractivity contribution in [3.8, 4) is 0 Å². The van der Waals surface area contributed by atoms with Gasteiger partial charge in [-0.3, -0.25) is 10.1 Å². The summed E-state index contributed by atoms with van der Waals surface area (Å²) in [5.74, 6) is 0. The van der Waals surface area contributed by atoms with E-state index in [1.54, 1.807) is 12.1 Å². The Morgan fingerprint density at radius 1 is 1.16 bits per heavy atom. The van der Waals surface area contributed by atoms with Crippen LogP contribution in [-0.2, 0) is 0 Å². The Morgan fingerprint density at radius 2 is 1.74 bits per heavy atom. The molecule has 1 aliphatic heterocycles. The molecule has 0 bridgehead atoms. The fourth-order valence-electron chi connectivity index (χ4n) is 2.49. The zero-order chi connectivity index (χ0) is 13.7. The lowest BCUT2D eigenvalue weighted by Gasteiger charge is -2.23. The molecule has 1 heterocycles. The fraction of sp³-hybridized carbons (Fsp3) is 0.571. The second-order valence-electron chi connectivity index (χ2n) is 5.08. The van der Waals surface area contributed by atoms with Crippen molar-refractivity contribution in [1.29, 1.82) is 0 Å². The highest BCUT2D eigenvalue weighted by molar-refractivity contribution is 5.33. The molecule has 0 aromatic heterocycles. The van der Waals surface area contributed by atoms with E-state index in [1.807, 2.05) is 0 Å². The minimum atomic E-state index is -0.570. The molecule has 1 fully saturated rings. The summed E-state index contributed by atoms with van der Waals surface area (Å²) in [4.78, 5) is 12.4. The van der Waals surface area contributed by atoms with Gasteiger partial charge in [0, 0.05) is 18.7 Å². The van der Waals surface area contributed by atoms with Crippen LogP contribution in [0.5, 0.6) is 0 Å². The summed E-state index contributed by atoms with van der Waals surface area (Å²) in [6, 6.07) is 6.17. The number of nitro benzene ring substituents is 1. The van der Waals surface area contributed by atoms with Crippen molar-refractivity contribution < 1.29 is 10.0 Å². The van der Waals surface area contributed by atoms with E-state index in [2.05, 4.69) is 4.90 Å². The second kappa shape index (κ2) is 6.63. The molecule has 1 unspecified atom stereocenters. The largest absolute Gasteiger partial charge is 0.387 e. The van der Waals surface area contributed by atoms with Crippen LogP contribution in [0, 0.1) is 10.1 Å². The SMILES string of the molecule is O=[N+]([O-])c1ccc(C(O)CN2CCCCCC2)cc1. The van der Waals surface area contributed by atoms with Gasteiger partial charge in [0.25, 0.3) is 5.69 Å². The summed E-state index contributed by atoms with van der Waals surface area (Å²) >= 11 is 0. The van der Waals surface area contributed by atoms with Gasteiger partial charge >= 0.3 is 0 Å². The highest BCUT2D eigenvalue weighted by Crippen LogP contribution is 2.20. The number of β-amino-alcohol motifs (C(OH)–C–C–N with tert-alkyl or cyclic N) is 1. The van der Waals surface area contributed by atoms with Crippen molar-refractivity contribution in [2.24, 2.45) is 0 Å². The molecule has 2 rings (SSSR count). The van der Waals surface area contributed by atoms with Crippen LogP contribution >= 0.6 is 0 Å². The number of non-ortho nitro benzene ring substituents is 1. The van der Waals surface area contributed by atoms with Crippen molar-refractivity contribution in [1.82, 2.24) is 4.90 Å². The average Bonchev–Trinajstić information content (AvgIpc) is 2.67. The number of nitro groups is 1. The monoisotopic (exact) mass is 264 g/mol. The summed E-state index contributed by atoms with van der Waals surface area (Å²) in [6.45, 7) is 2.67. The Labute approximate surface area is 113 Å². The lowest BCUT2D eigenvalue weighted by Crippen LogP contribution is -2.29. The van der Waals surface area contributed by atoms with E-state index >= 15 is 0 Å². The maximum atomic E-state index is 10.6. The molecule has 19 heavy (non-hydrogen) atoms. The lowest BCUT2D eigenvalue weighted by molar-refractivity contribution is -0.384. The maximum absolute atomic E-state index is 10.6. The fourth-order valence-corrected chi connectivity index (χ4v) is 2.49. The molecule has 1 aromatic carbocycles. The van der Waals surface area contributed by atoms with Crippen LogP contribution in [0.4, 0.5) is 5.69 Å². The minimum Gasteiger partial charge on any atom is -0.387 e. The molecule has 0 radical (unpaired) electrons. The number of hydrogen-bond donors (Lipinski definition) is 1. The normalized spacial score (nSPS) is 18.8. The van der Waals surface area contributed by atoms with Gasteiger partial charge in [-0.05, 0) is 43.6 Å². The Hall–Kier alpha value is -1.46. The zero-order valence-electron chi connectivity index (χ0n) is 11.0. The van der Waals surface area contributed by atoms with Crippen molar-refractivity contribution in [2.75, 3.05) is 19.6 Å². The number of likely N-dealkylation sites (tertiary alicyclic amines) is 1. The quantitative estimate of drug-likeness (QED) is 0.670. The highest BCUT2D eigenvalue weighted by Gasteiger charge is 2.16. The van der Waals surface area contributed by atoms with Crippen molar-refractivity contribution in [2.45, 2.75) is 31.8 Å². The highest BCUT2D eigenvalue weighted by atomic mass is 16.6. The van der Waals surface area contributed by atoms with Gasteiger partial charge in [0.2, 0.25) is 0 Å². The number of nitrogens with zero attached hydrogens (tertiary/aromatic N) is 2. The average molecular weight is 264 g/mol. The first-order valence-electron chi connectivity index (χ1n) is 6.81. The number of rotatable bonds is 4. The van der Waals surface area contributed by atoms with E-state index in [-0.39, 0.29) is 5.69 Å². The zero-order valence-corrected chi connectivity index (χ0v) is 11.0. The molecule has 1 N–H and O–H groups in total. The van der Waals surface area contributed by atoms with Gasteiger partial charge in [-0.25, -0.2) is 0 Å². The molecular formula is C14H20N2O3. The molecule has 5 heteroatoms. The third kappa shape index (κ3) is 4.01. The Balaban J connectivity index is 1.94. The van der Waals surface area contributed by atoms with Gasteiger partial charge in [-0.2, -0.15) is 0 Å². The van der Waals surface area contributed by atoms with E-state index < -0.39 is 11.0 Å². The first kappa shape index (κ1) is 14.0. The minimum absolute atomic E-state index is 0.0609. The standard InChI is InChI=1S/C14H20N2O3/c17-14(11-15-9-3-1-2-4-10-15)12-5-7-13(8-6-12)16(18)19/h5-8,14,17H,1-4,9-11H2. The summed E-state index contributed by atoms with van der Waals surface area (Å²) in [5.41, 5.74) is 0.806. The second-order valence-corrected chi connectivity index (χ2v) is 5.08. The van der Waals surface area contributed by atoms with E-state index in [1.165, 1.54) is 37.8 Å². The van der Waals surface area contributed by atoms with Crippen molar-refractivity contribution >= 4 is 5.69 Å². The van der Waals surface area contributed by atoms with Crippen LogP contribution in [0.15, 0.2) is 24.3 Å². The number of aliphatic hydroxyl groups excluding tert-OH is 1. The molecule has 104 valence electrons. The van der Waals surface area contributed by atoms with Gasteiger partial charge in [0.05, 0.1) is 11.0 Å². The molecular weight excluding hydrogens is 244 g/mol. The molecule has 5 nitrogen and oxygen atoms in total. The first-order chi connectivity index (χ1) is 9.16. The topological polar surface area (TPSA) is 66.6 Å². The van der Waals surface area contributed by atoms with Crippen LogP contribution in [0.2, 0.25) is 0 Å². The third-order valence-corrected chi connectivity index (χ3v) is 3.62. The van der Waals surface area contributed by atoms with Crippen LogP contribution in [0.3, 0.4) is 0 Å². The summed E-state index contributed by atoms with van der Waals surface area (Å²) in [5, 5.41) is 20.8. The number of benzene rings is 1. The van der Waals surface area contributed by atoms with Gasteiger partial charge in [0.1, 0.15) is 0 Å². The van der Waals surface area contributed by atoms with E-state index in [0.29, 0.717) is 6.54 Å². The van der Waals surface area contributed by atoms with E-state index in [4.69, 9.17) is 0 Å². The van der Waals surface area contributed by atoms with E-state index in [0.717, 1.165) is 18.7 Å². The molecule has 1 aromatic rings. The third-order valence-electron chi connectivity index (χ3n) is 3.62. The number of aliphatic hydroxyl groups is 1. The summed E-state index contributed by atoms with van der Waals surface area (Å²) in [7, 11) is 0. The molecule has 1 aliphatic rings. The Morgan fingerprint density at radius 3 is 2.26 bits per heavy atom. The van der Waals surface area contributed by atoms with Crippen LogP contribution in [0.25, 0.3) is 0 Å². The Kier molecular flexibility index (Phi) is 4.87. The lowest BCUT2D eigenvalue weighted by atomic mass is 10.1. The van der Waals surface area contributed by atoms with Gasteiger partial charge in [0.15, 0.2) is 0 Å². The van der Waals surface area contributed by atoms with Crippen molar-refractivity contribution in [3.63, 3.8) is 0 Å². The van der Waals surface area contributed by atoms with Crippen molar-refractivity contribution in [3.05, 3.63) is 39.9 Å². The molecule has 0 aliphatic carbocycles. The predicted molar refractivity (Wildman–Crippen MR) is 73.0 cm³/mol. The predicted octanol–water partition coefficient (Wildman–Crippen LogP) is 2.50. The van der Waals surface area contributed by atoms with E-state index in [9.17, 15) is 15.2 Å². The first-order valence-corrected chi connectivity index (χ1v) is 6.81. The van der Waals surface area contributed by atoms with Crippen LogP contribution < -0.4 is 0 Å². The smallest absolute Gasteiger partial charge is 0.269 e. The molecule has 0 amide bonds. The molecule has 0 spiro atoms. The summed E-state index contributed by atoms with van der Waals surface area (Å²) < 4.78 is 0. The molecule has 0 saturated carbocycles. The molecule has 1 saturated heterocycles. The van der Waals surface area contributed by atoms with Gasteiger partial charge in [-0.15, -0.1) is 0 Å². The number of hydrogen-bond acceptors (Lipinski definition) is 4. The van der Waals surface area contributed by atoms with Gasteiger partial charge in [-0.1, -0.05) is 12.8 Å². The summed E-state index contributed by atoms with van der Waals surface area (Å²) in [6.07, 6.45) is 4.34. The van der Waals surface area contributed by atoms with Crippen LogP contribution in [-0.4, -0.2) is 34.6 Å². The van der Waals surface area contributed by atoms with Crippen LogP contribution in [0.1, 0.15) is 37.4 Å². The molecule has 1 atom stereocenters. The van der Waals surface area contributed by atoms with Gasteiger partial charge < -0.3 is 10.0 Å².